The second-order valence-electron chi connectivity index (χ2n) is 5.62. The third kappa shape index (κ3) is 4.50. The van der Waals surface area contributed by atoms with Gasteiger partial charge in [-0.2, -0.15) is 10.2 Å². The Balaban J connectivity index is 1.77. The average molecular weight is 415 g/mol. The van der Waals surface area contributed by atoms with Crippen molar-refractivity contribution in [3.8, 4) is 17.5 Å². The fourth-order valence-electron chi connectivity index (χ4n) is 2.38. The van der Waals surface area contributed by atoms with Gasteiger partial charge >= 0.3 is 5.97 Å². The SMILES string of the molecule is CCOC(=O)c1cc(C#N)c(SCc2nc(-c3cccc(Cl)c3)no2)nc1C. The molecule has 142 valence electrons. The van der Waals surface area contributed by atoms with Crippen LogP contribution in [0.3, 0.4) is 0 Å². The molecule has 9 heteroatoms. The Kier molecular flexibility index (Phi) is 6.29. The van der Waals surface area contributed by atoms with Gasteiger partial charge in [-0.1, -0.05) is 40.7 Å². The van der Waals surface area contributed by atoms with E-state index >= 15 is 0 Å². The summed E-state index contributed by atoms with van der Waals surface area (Å²) in [5.74, 6) is 0.648. The van der Waals surface area contributed by atoms with Gasteiger partial charge in [0.25, 0.3) is 0 Å². The van der Waals surface area contributed by atoms with Crippen molar-refractivity contribution in [1.29, 1.82) is 5.26 Å². The molecule has 0 unspecified atom stereocenters. The molecule has 0 spiro atoms. The normalized spacial score (nSPS) is 10.5. The van der Waals surface area contributed by atoms with Gasteiger partial charge in [-0.05, 0) is 32.0 Å². The average Bonchev–Trinajstić information content (AvgIpc) is 3.15. The molecule has 2 aromatic heterocycles. The van der Waals surface area contributed by atoms with Crippen LogP contribution < -0.4 is 0 Å². The standard InChI is InChI=1S/C19H15ClN4O3S/c1-3-26-19(25)15-8-13(9-21)18(22-11(15)2)28-10-16-23-17(24-27-16)12-5-4-6-14(20)7-12/h4-8H,3,10H2,1-2H3. The molecule has 0 aliphatic carbocycles. The second kappa shape index (κ2) is 8.87. The molecule has 0 aliphatic heterocycles. The number of hydrogen-bond acceptors (Lipinski definition) is 8. The molecule has 0 fully saturated rings. The summed E-state index contributed by atoms with van der Waals surface area (Å²) in [7, 11) is 0. The zero-order chi connectivity index (χ0) is 20.1. The maximum Gasteiger partial charge on any atom is 0.340 e. The zero-order valence-corrected chi connectivity index (χ0v) is 16.7. The number of aromatic nitrogens is 3. The number of thioether (sulfide) groups is 1. The van der Waals surface area contributed by atoms with Crippen molar-refractivity contribution in [3.05, 3.63) is 58.1 Å². The van der Waals surface area contributed by atoms with E-state index in [1.807, 2.05) is 6.07 Å². The maximum atomic E-state index is 12.0. The molecule has 0 saturated heterocycles. The van der Waals surface area contributed by atoms with E-state index in [1.54, 1.807) is 32.0 Å². The third-order valence-electron chi connectivity index (χ3n) is 3.68. The molecule has 7 nitrogen and oxygen atoms in total. The first-order valence-corrected chi connectivity index (χ1v) is 9.68. The van der Waals surface area contributed by atoms with Crippen LogP contribution in [0, 0.1) is 18.3 Å². The summed E-state index contributed by atoms with van der Waals surface area (Å²) in [6.45, 7) is 3.67. The summed E-state index contributed by atoms with van der Waals surface area (Å²) in [5.41, 5.74) is 1.81. The molecule has 0 N–H and O–H groups in total. The van der Waals surface area contributed by atoms with Crippen molar-refractivity contribution >= 4 is 29.3 Å². The van der Waals surface area contributed by atoms with Crippen LogP contribution in [-0.4, -0.2) is 27.7 Å². The monoisotopic (exact) mass is 414 g/mol. The maximum absolute atomic E-state index is 12.0. The van der Waals surface area contributed by atoms with Crippen LogP contribution in [0.1, 0.15) is 34.4 Å². The highest BCUT2D eigenvalue weighted by Crippen LogP contribution is 2.27. The van der Waals surface area contributed by atoms with Gasteiger partial charge in [0.2, 0.25) is 11.7 Å². The van der Waals surface area contributed by atoms with Gasteiger partial charge < -0.3 is 9.26 Å². The molecule has 0 atom stereocenters. The van der Waals surface area contributed by atoms with E-state index in [2.05, 4.69) is 21.2 Å². The van der Waals surface area contributed by atoms with E-state index in [0.717, 1.165) is 5.56 Å². The Hall–Kier alpha value is -2.89. The molecule has 2 heterocycles. The first-order valence-electron chi connectivity index (χ1n) is 8.32. The van der Waals surface area contributed by atoms with Gasteiger partial charge in [-0.15, -0.1) is 0 Å². The molecule has 0 bridgehead atoms. The number of nitriles is 1. The van der Waals surface area contributed by atoms with Crippen LogP contribution in [-0.2, 0) is 10.5 Å². The van der Waals surface area contributed by atoms with Gasteiger partial charge in [0, 0.05) is 10.6 Å². The van der Waals surface area contributed by atoms with Crippen molar-refractivity contribution in [3.63, 3.8) is 0 Å². The Morgan fingerprint density at radius 1 is 1.36 bits per heavy atom. The van der Waals surface area contributed by atoms with Gasteiger partial charge in [0.1, 0.15) is 11.1 Å². The lowest BCUT2D eigenvalue weighted by Crippen LogP contribution is -2.09. The van der Waals surface area contributed by atoms with E-state index in [0.29, 0.717) is 33.2 Å². The smallest absolute Gasteiger partial charge is 0.340 e. The molecule has 3 rings (SSSR count). The highest BCUT2D eigenvalue weighted by molar-refractivity contribution is 7.98. The fourth-order valence-corrected chi connectivity index (χ4v) is 3.41. The molecule has 1 aromatic carbocycles. The van der Waals surface area contributed by atoms with E-state index in [9.17, 15) is 10.1 Å². The third-order valence-corrected chi connectivity index (χ3v) is 4.89. The number of aryl methyl sites for hydroxylation is 1. The Labute approximate surface area is 170 Å². The quantitative estimate of drug-likeness (QED) is 0.431. The number of esters is 1. The van der Waals surface area contributed by atoms with Crippen LogP contribution in [0.25, 0.3) is 11.4 Å². The van der Waals surface area contributed by atoms with E-state index in [-0.39, 0.29) is 17.7 Å². The number of hydrogen-bond donors (Lipinski definition) is 0. The lowest BCUT2D eigenvalue weighted by molar-refractivity contribution is 0.0524. The highest BCUT2D eigenvalue weighted by Gasteiger charge is 2.17. The molecule has 0 radical (unpaired) electrons. The van der Waals surface area contributed by atoms with Gasteiger partial charge in [-0.25, -0.2) is 9.78 Å². The number of rotatable bonds is 6. The van der Waals surface area contributed by atoms with Crippen LogP contribution in [0.15, 0.2) is 39.9 Å². The summed E-state index contributed by atoms with van der Waals surface area (Å²) in [6, 6.07) is 10.7. The van der Waals surface area contributed by atoms with Crippen molar-refractivity contribution in [1.82, 2.24) is 15.1 Å². The van der Waals surface area contributed by atoms with Crippen molar-refractivity contribution in [2.75, 3.05) is 6.61 Å². The van der Waals surface area contributed by atoms with E-state index in [4.69, 9.17) is 20.9 Å². The van der Waals surface area contributed by atoms with E-state index in [1.165, 1.54) is 17.8 Å². The first-order chi connectivity index (χ1) is 13.5. The van der Waals surface area contributed by atoms with Gasteiger partial charge in [0.05, 0.1) is 29.2 Å². The Morgan fingerprint density at radius 2 is 2.18 bits per heavy atom. The largest absolute Gasteiger partial charge is 0.462 e. The predicted octanol–water partition coefficient (Wildman–Crippen LogP) is 4.43. The molecule has 0 aliphatic rings. The summed E-state index contributed by atoms with van der Waals surface area (Å²) >= 11 is 7.26. The minimum atomic E-state index is -0.497. The summed E-state index contributed by atoms with van der Waals surface area (Å²) in [4.78, 5) is 20.7. The molecular weight excluding hydrogens is 400 g/mol. The number of halogens is 1. The second-order valence-corrected chi connectivity index (χ2v) is 7.02. The van der Waals surface area contributed by atoms with Crippen LogP contribution >= 0.6 is 23.4 Å². The van der Waals surface area contributed by atoms with Gasteiger partial charge in [0.15, 0.2) is 0 Å². The van der Waals surface area contributed by atoms with Crippen molar-refractivity contribution in [2.24, 2.45) is 0 Å². The Bertz CT molecular complexity index is 1060. The minimum absolute atomic E-state index is 0.253. The number of carbonyl (C=O) groups is 1. The van der Waals surface area contributed by atoms with Crippen LogP contribution in [0.2, 0.25) is 5.02 Å². The summed E-state index contributed by atoms with van der Waals surface area (Å²) in [6.07, 6.45) is 0. The first kappa shape index (κ1) is 19.9. The molecular formula is C19H15ClN4O3S. The number of pyridine rings is 1. The lowest BCUT2D eigenvalue weighted by atomic mass is 10.1. The topological polar surface area (TPSA) is 102 Å². The number of benzene rings is 1. The Morgan fingerprint density at radius 3 is 2.89 bits per heavy atom. The molecule has 3 aromatic rings. The van der Waals surface area contributed by atoms with E-state index < -0.39 is 5.97 Å². The molecule has 0 amide bonds. The predicted molar refractivity (Wildman–Crippen MR) is 104 cm³/mol. The van der Waals surface area contributed by atoms with Crippen molar-refractivity contribution < 1.29 is 14.1 Å². The highest BCUT2D eigenvalue weighted by atomic mass is 35.5. The molecule has 28 heavy (non-hydrogen) atoms. The summed E-state index contributed by atoms with van der Waals surface area (Å²) in [5, 5.41) is 14.4. The number of nitrogens with zero attached hydrogens (tertiary/aromatic N) is 4. The minimum Gasteiger partial charge on any atom is -0.462 e. The van der Waals surface area contributed by atoms with Crippen LogP contribution in [0.4, 0.5) is 0 Å². The zero-order valence-electron chi connectivity index (χ0n) is 15.1. The van der Waals surface area contributed by atoms with Crippen LogP contribution in [0.5, 0.6) is 0 Å². The summed E-state index contributed by atoms with van der Waals surface area (Å²) < 4.78 is 10.3. The van der Waals surface area contributed by atoms with Gasteiger partial charge in [-0.3, -0.25) is 0 Å². The number of carbonyl (C=O) groups excluding carboxylic acids is 1. The number of ether oxygens (including phenoxy) is 1. The fraction of sp³-hybridized carbons (Fsp3) is 0.211. The van der Waals surface area contributed by atoms with Crippen molar-refractivity contribution in [2.45, 2.75) is 24.6 Å². The molecule has 0 saturated carbocycles. The lowest BCUT2D eigenvalue weighted by Gasteiger charge is -2.08.